The Hall–Kier alpha value is -0.0105. The standard InChI is InChI=1S/C6H10NOSe/c1-2-3-5-4-8-6(9)7-5/h5H,2-4H2,1H3/t5-/m0/s1. The van der Waals surface area contributed by atoms with Crippen LogP contribution in [-0.4, -0.2) is 33.5 Å². The molecule has 0 aromatic rings. The Morgan fingerprint density at radius 1 is 1.89 bits per heavy atom. The molecule has 0 N–H and O–H groups in total. The summed E-state index contributed by atoms with van der Waals surface area (Å²) < 4.78 is 5.11. The molecule has 0 aromatic carbocycles. The Balaban J connectivity index is 2.29. The number of rotatable bonds is 2. The van der Waals surface area contributed by atoms with Crippen LogP contribution in [0.5, 0.6) is 0 Å². The molecule has 1 radical (unpaired) electrons. The first-order valence-electron chi connectivity index (χ1n) is 3.20. The Morgan fingerprint density at radius 3 is 3.11 bits per heavy atom. The third-order valence-corrected chi connectivity index (χ3v) is 1.78. The van der Waals surface area contributed by atoms with Gasteiger partial charge in [-0.2, -0.15) is 0 Å². The van der Waals surface area contributed by atoms with E-state index >= 15 is 0 Å². The second-order valence-electron chi connectivity index (χ2n) is 2.15. The third kappa shape index (κ3) is 1.99. The monoisotopic (exact) mass is 192 g/mol. The average molecular weight is 191 g/mol. The van der Waals surface area contributed by atoms with E-state index in [2.05, 4.69) is 27.9 Å². The van der Waals surface area contributed by atoms with Gasteiger partial charge in [-0.05, 0) is 0 Å². The maximum atomic E-state index is 5.11. The van der Waals surface area contributed by atoms with Crippen LogP contribution in [0.25, 0.3) is 0 Å². The van der Waals surface area contributed by atoms with Crippen LogP contribution >= 0.6 is 0 Å². The van der Waals surface area contributed by atoms with Gasteiger partial charge in [0.15, 0.2) is 0 Å². The van der Waals surface area contributed by atoms with Gasteiger partial charge in [-0.15, -0.1) is 0 Å². The molecular weight excluding hydrogens is 181 g/mol. The molecule has 3 heteroatoms. The van der Waals surface area contributed by atoms with Crippen LogP contribution < -0.4 is 0 Å². The number of hydrogen-bond acceptors (Lipinski definition) is 2. The summed E-state index contributed by atoms with van der Waals surface area (Å²) >= 11 is 2.76. The molecule has 1 rings (SSSR count). The van der Waals surface area contributed by atoms with Gasteiger partial charge in [-0.3, -0.25) is 0 Å². The molecule has 0 spiro atoms. The number of nitrogens with zero attached hydrogens (tertiary/aromatic N) is 1. The fraction of sp³-hybridized carbons (Fsp3) is 0.833. The van der Waals surface area contributed by atoms with Gasteiger partial charge < -0.3 is 0 Å². The maximum absolute atomic E-state index is 5.11. The van der Waals surface area contributed by atoms with Crippen molar-refractivity contribution in [3.63, 3.8) is 0 Å². The third-order valence-electron chi connectivity index (χ3n) is 1.31. The second kappa shape index (κ2) is 3.23. The van der Waals surface area contributed by atoms with E-state index in [0.717, 1.165) is 17.8 Å². The van der Waals surface area contributed by atoms with Crippen molar-refractivity contribution in [2.75, 3.05) is 6.61 Å². The number of aliphatic imine (C=N–C) groups is 1. The summed E-state index contributed by atoms with van der Waals surface area (Å²) in [5.41, 5.74) is 0. The van der Waals surface area contributed by atoms with Crippen molar-refractivity contribution >= 4 is 20.8 Å². The summed E-state index contributed by atoms with van der Waals surface area (Å²) in [7, 11) is 0. The molecule has 0 aliphatic carbocycles. The molecule has 1 atom stereocenters. The second-order valence-corrected chi connectivity index (χ2v) is 2.88. The van der Waals surface area contributed by atoms with E-state index in [-0.39, 0.29) is 0 Å². The zero-order chi connectivity index (χ0) is 6.69. The molecule has 9 heavy (non-hydrogen) atoms. The quantitative estimate of drug-likeness (QED) is 0.589. The molecule has 2 nitrogen and oxygen atoms in total. The minimum absolute atomic E-state index is 0.422. The summed E-state index contributed by atoms with van der Waals surface area (Å²) in [5, 5.41) is 0. The first-order chi connectivity index (χ1) is 4.33. The van der Waals surface area contributed by atoms with Crippen LogP contribution in [0.15, 0.2) is 4.99 Å². The number of hydrogen-bond donors (Lipinski definition) is 0. The molecule has 1 aliphatic rings. The van der Waals surface area contributed by atoms with Crippen LogP contribution in [-0.2, 0) is 4.74 Å². The van der Waals surface area contributed by atoms with E-state index in [1.54, 1.807) is 0 Å². The van der Waals surface area contributed by atoms with E-state index in [9.17, 15) is 0 Å². The van der Waals surface area contributed by atoms with Crippen molar-refractivity contribution in [1.29, 1.82) is 0 Å². The number of ether oxygens (including phenoxy) is 1. The van der Waals surface area contributed by atoms with Gasteiger partial charge in [-0.1, -0.05) is 0 Å². The van der Waals surface area contributed by atoms with Gasteiger partial charge in [0.05, 0.1) is 0 Å². The molecule has 0 amide bonds. The van der Waals surface area contributed by atoms with Crippen molar-refractivity contribution in [2.24, 2.45) is 4.99 Å². The van der Waals surface area contributed by atoms with Crippen LogP contribution in [0.4, 0.5) is 0 Å². The molecule has 0 unspecified atom stereocenters. The Bertz CT molecular complexity index is 124. The van der Waals surface area contributed by atoms with Gasteiger partial charge >= 0.3 is 63.0 Å². The van der Waals surface area contributed by atoms with E-state index in [4.69, 9.17) is 4.74 Å². The van der Waals surface area contributed by atoms with Crippen LogP contribution in [0, 0.1) is 0 Å². The van der Waals surface area contributed by atoms with Crippen LogP contribution in [0.3, 0.4) is 0 Å². The first-order valence-corrected chi connectivity index (χ1v) is 4.06. The SMILES string of the molecule is CCC[C@H]1COC([Se])=N1. The van der Waals surface area contributed by atoms with E-state index in [1.165, 1.54) is 6.42 Å². The zero-order valence-electron chi connectivity index (χ0n) is 5.46. The van der Waals surface area contributed by atoms with Crippen molar-refractivity contribution in [3.05, 3.63) is 0 Å². The topological polar surface area (TPSA) is 21.6 Å². The normalized spacial score (nSPS) is 25.4. The Labute approximate surface area is 63.5 Å². The van der Waals surface area contributed by atoms with E-state index in [1.807, 2.05) is 0 Å². The Kier molecular flexibility index (Phi) is 2.55. The molecule has 0 bridgehead atoms. The van der Waals surface area contributed by atoms with Gasteiger partial charge in [-0.25, -0.2) is 0 Å². The average Bonchev–Trinajstić information content (AvgIpc) is 2.17. The van der Waals surface area contributed by atoms with Gasteiger partial charge in [0.25, 0.3) is 0 Å². The zero-order valence-corrected chi connectivity index (χ0v) is 7.18. The molecule has 51 valence electrons. The van der Waals surface area contributed by atoms with E-state index in [0.29, 0.717) is 6.04 Å². The molecule has 0 fully saturated rings. The summed E-state index contributed by atoms with van der Waals surface area (Å²) in [6, 6.07) is 0.422. The van der Waals surface area contributed by atoms with Crippen molar-refractivity contribution in [1.82, 2.24) is 0 Å². The predicted octanol–water partition coefficient (Wildman–Crippen LogP) is 0.710. The van der Waals surface area contributed by atoms with E-state index < -0.39 is 0 Å². The van der Waals surface area contributed by atoms with Crippen molar-refractivity contribution in [2.45, 2.75) is 25.8 Å². The summed E-state index contributed by atoms with van der Waals surface area (Å²) in [6.07, 6.45) is 2.33. The molecule has 1 heterocycles. The molecule has 0 saturated heterocycles. The van der Waals surface area contributed by atoms with Crippen molar-refractivity contribution < 1.29 is 4.74 Å². The van der Waals surface area contributed by atoms with Gasteiger partial charge in [0.1, 0.15) is 0 Å². The van der Waals surface area contributed by atoms with Gasteiger partial charge in [0, 0.05) is 0 Å². The summed E-state index contributed by atoms with van der Waals surface area (Å²) in [6.45, 7) is 2.93. The van der Waals surface area contributed by atoms with Crippen LogP contribution in [0.2, 0.25) is 0 Å². The molecule has 1 aliphatic heterocycles. The molecular formula is C6H10NOSe. The predicted molar refractivity (Wildman–Crippen MR) is 37.8 cm³/mol. The molecule has 0 aromatic heterocycles. The minimum atomic E-state index is 0.422. The summed E-state index contributed by atoms with van der Waals surface area (Å²) in [4.78, 5) is 4.95. The Morgan fingerprint density at radius 2 is 2.67 bits per heavy atom. The summed E-state index contributed by atoms with van der Waals surface area (Å²) in [5.74, 6) is 0. The molecule has 0 saturated carbocycles. The van der Waals surface area contributed by atoms with Gasteiger partial charge in [0.2, 0.25) is 0 Å². The van der Waals surface area contributed by atoms with Crippen molar-refractivity contribution in [3.8, 4) is 0 Å². The fourth-order valence-electron chi connectivity index (χ4n) is 0.872. The first kappa shape index (κ1) is 7.10. The fourth-order valence-corrected chi connectivity index (χ4v) is 1.33. The van der Waals surface area contributed by atoms with Crippen LogP contribution in [0.1, 0.15) is 19.8 Å².